The average molecular weight is 438 g/mol. The van der Waals surface area contributed by atoms with Gasteiger partial charge >= 0.3 is 6.09 Å². The van der Waals surface area contributed by atoms with Crippen LogP contribution < -0.4 is 10.9 Å². The number of amides is 2. The van der Waals surface area contributed by atoms with E-state index in [1.54, 1.807) is 22.8 Å². The van der Waals surface area contributed by atoms with Crippen LogP contribution >= 0.6 is 23.1 Å². The van der Waals surface area contributed by atoms with Crippen LogP contribution in [0.25, 0.3) is 10.2 Å². The van der Waals surface area contributed by atoms with Crippen LogP contribution in [0.2, 0.25) is 0 Å². The van der Waals surface area contributed by atoms with Gasteiger partial charge in [-0.05, 0) is 50.5 Å². The molecule has 0 saturated carbocycles. The van der Waals surface area contributed by atoms with E-state index in [0.717, 1.165) is 42.3 Å². The summed E-state index contributed by atoms with van der Waals surface area (Å²) >= 11 is 2.78. The molecule has 1 aliphatic rings. The number of nitrogens with zero attached hydrogens (tertiary/aromatic N) is 2. The Morgan fingerprint density at radius 1 is 1.31 bits per heavy atom. The molecular weight excluding hydrogens is 410 g/mol. The molecule has 1 aliphatic carbocycles. The van der Waals surface area contributed by atoms with Gasteiger partial charge in [-0.3, -0.25) is 19.5 Å². The highest BCUT2D eigenvalue weighted by atomic mass is 32.2. The average Bonchev–Trinajstić information content (AvgIpc) is 3.04. The van der Waals surface area contributed by atoms with Gasteiger partial charge in [0.15, 0.2) is 5.16 Å². The van der Waals surface area contributed by atoms with E-state index in [9.17, 15) is 14.4 Å². The third-order valence-corrected chi connectivity index (χ3v) is 6.98. The molecule has 0 unspecified atom stereocenters. The van der Waals surface area contributed by atoms with Crippen molar-refractivity contribution >= 4 is 45.3 Å². The summed E-state index contributed by atoms with van der Waals surface area (Å²) < 4.78 is 6.43. The monoisotopic (exact) mass is 437 g/mol. The molecule has 0 bridgehead atoms. The van der Waals surface area contributed by atoms with Gasteiger partial charge in [-0.15, -0.1) is 11.3 Å². The predicted octanol–water partition coefficient (Wildman–Crippen LogP) is 3.75. The number of alkyl carbamates (subject to hydrolysis) is 1. The molecule has 2 heterocycles. The van der Waals surface area contributed by atoms with E-state index in [1.165, 1.54) is 22.2 Å². The van der Waals surface area contributed by atoms with E-state index >= 15 is 0 Å². The summed E-state index contributed by atoms with van der Waals surface area (Å²) in [5.74, 6) is -0.0357. The van der Waals surface area contributed by atoms with Crippen molar-refractivity contribution in [2.24, 2.45) is 5.92 Å². The number of fused-ring (bicyclic) bond motifs is 3. The van der Waals surface area contributed by atoms with Crippen LogP contribution in [-0.2, 0) is 28.9 Å². The minimum atomic E-state index is -0.760. The first-order chi connectivity index (χ1) is 13.9. The SMILES string of the molecule is CCOC(=O)NC(=O)CSc1nc2sc3c(c2c(=O)n1CCC(C)C)CCCC3. The second kappa shape index (κ2) is 9.75. The summed E-state index contributed by atoms with van der Waals surface area (Å²) in [7, 11) is 0. The fourth-order valence-corrected chi connectivity index (χ4v) is 5.49. The summed E-state index contributed by atoms with van der Waals surface area (Å²) in [6.45, 7) is 6.66. The number of rotatable bonds is 7. The maximum atomic E-state index is 13.3. The number of aryl methyl sites for hydroxylation is 2. The molecule has 0 atom stereocenters. The Morgan fingerprint density at radius 2 is 2.07 bits per heavy atom. The van der Waals surface area contributed by atoms with Crippen molar-refractivity contribution in [2.75, 3.05) is 12.4 Å². The Bertz CT molecular complexity index is 965. The zero-order valence-corrected chi connectivity index (χ0v) is 18.7. The molecule has 0 aliphatic heterocycles. The second-order valence-corrected chi connectivity index (χ2v) is 9.51. The maximum absolute atomic E-state index is 13.3. The molecule has 0 saturated heterocycles. The van der Waals surface area contributed by atoms with Gasteiger partial charge in [0.25, 0.3) is 5.56 Å². The van der Waals surface area contributed by atoms with E-state index in [1.807, 2.05) is 0 Å². The van der Waals surface area contributed by atoms with Crippen molar-refractivity contribution in [1.82, 2.24) is 14.9 Å². The highest BCUT2D eigenvalue weighted by molar-refractivity contribution is 7.99. The van der Waals surface area contributed by atoms with Crippen LogP contribution in [0.15, 0.2) is 9.95 Å². The number of carbonyl (C=O) groups excluding carboxylic acids is 2. The zero-order chi connectivity index (χ0) is 21.0. The van der Waals surface area contributed by atoms with Crippen LogP contribution in [0.1, 0.15) is 50.5 Å². The van der Waals surface area contributed by atoms with Crippen LogP contribution in [-0.4, -0.2) is 33.9 Å². The highest BCUT2D eigenvalue weighted by Crippen LogP contribution is 2.34. The van der Waals surface area contributed by atoms with Crippen molar-refractivity contribution < 1.29 is 14.3 Å². The third-order valence-electron chi connectivity index (χ3n) is 4.82. The molecule has 3 rings (SSSR count). The second-order valence-electron chi connectivity index (χ2n) is 7.48. The summed E-state index contributed by atoms with van der Waals surface area (Å²) in [6, 6.07) is 0. The largest absolute Gasteiger partial charge is 0.450 e. The van der Waals surface area contributed by atoms with Gasteiger partial charge in [-0.25, -0.2) is 9.78 Å². The van der Waals surface area contributed by atoms with Crippen molar-refractivity contribution in [3.63, 3.8) is 0 Å². The highest BCUT2D eigenvalue weighted by Gasteiger charge is 2.22. The molecule has 0 spiro atoms. The molecule has 0 aromatic carbocycles. The molecule has 7 nitrogen and oxygen atoms in total. The van der Waals surface area contributed by atoms with E-state index < -0.39 is 12.0 Å². The van der Waals surface area contributed by atoms with Crippen molar-refractivity contribution in [1.29, 1.82) is 0 Å². The summed E-state index contributed by atoms with van der Waals surface area (Å²) in [5, 5.41) is 3.47. The zero-order valence-electron chi connectivity index (χ0n) is 17.1. The van der Waals surface area contributed by atoms with Crippen molar-refractivity contribution in [3.8, 4) is 0 Å². The van der Waals surface area contributed by atoms with Crippen LogP contribution in [0.5, 0.6) is 0 Å². The van der Waals surface area contributed by atoms with E-state index in [4.69, 9.17) is 9.72 Å². The molecule has 29 heavy (non-hydrogen) atoms. The number of imide groups is 1. The Labute approximate surface area is 178 Å². The topological polar surface area (TPSA) is 90.3 Å². The lowest BCUT2D eigenvalue weighted by Crippen LogP contribution is -2.32. The molecule has 1 N–H and O–H groups in total. The number of aromatic nitrogens is 2. The first-order valence-corrected chi connectivity index (χ1v) is 11.8. The Morgan fingerprint density at radius 3 is 2.79 bits per heavy atom. The van der Waals surface area contributed by atoms with Gasteiger partial charge in [0.05, 0.1) is 17.7 Å². The Hall–Kier alpha value is -1.87. The van der Waals surface area contributed by atoms with Crippen LogP contribution in [0, 0.1) is 5.92 Å². The molecule has 2 amide bonds. The first-order valence-electron chi connectivity index (χ1n) is 10.0. The van der Waals surface area contributed by atoms with Crippen molar-refractivity contribution in [2.45, 2.75) is 64.6 Å². The van der Waals surface area contributed by atoms with Crippen molar-refractivity contribution in [3.05, 3.63) is 20.8 Å². The molecule has 0 radical (unpaired) electrons. The van der Waals surface area contributed by atoms with Crippen LogP contribution in [0.3, 0.4) is 0 Å². The number of nitrogens with one attached hydrogen (secondary N) is 1. The molecule has 158 valence electrons. The smallest absolute Gasteiger partial charge is 0.413 e. The van der Waals surface area contributed by atoms with E-state index in [-0.39, 0.29) is 17.9 Å². The summed E-state index contributed by atoms with van der Waals surface area (Å²) in [6.07, 6.45) is 4.29. The minimum absolute atomic E-state index is 0.0104. The third kappa shape index (κ3) is 5.19. The Balaban J connectivity index is 1.90. The van der Waals surface area contributed by atoms with Gasteiger partial charge in [0.2, 0.25) is 5.91 Å². The lowest BCUT2D eigenvalue weighted by Gasteiger charge is -2.14. The first kappa shape index (κ1) is 21.8. The molecular formula is C20H27N3O4S2. The molecule has 2 aromatic heterocycles. The predicted molar refractivity (Wildman–Crippen MR) is 116 cm³/mol. The van der Waals surface area contributed by atoms with E-state index in [0.29, 0.717) is 17.6 Å². The van der Waals surface area contributed by atoms with Gasteiger partial charge < -0.3 is 4.74 Å². The normalized spacial score (nSPS) is 13.5. The fraction of sp³-hybridized carbons (Fsp3) is 0.600. The number of thiophene rings is 1. The van der Waals surface area contributed by atoms with Gasteiger partial charge in [-0.2, -0.15) is 0 Å². The van der Waals surface area contributed by atoms with Crippen LogP contribution in [0.4, 0.5) is 4.79 Å². The van der Waals surface area contributed by atoms with E-state index in [2.05, 4.69) is 19.2 Å². The summed E-state index contributed by atoms with van der Waals surface area (Å²) in [4.78, 5) is 43.6. The van der Waals surface area contributed by atoms with Gasteiger partial charge in [0.1, 0.15) is 4.83 Å². The molecule has 0 fully saturated rings. The number of hydrogen-bond donors (Lipinski definition) is 1. The maximum Gasteiger partial charge on any atom is 0.413 e. The fourth-order valence-electron chi connectivity index (χ4n) is 3.36. The molecule has 9 heteroatoms. The van der Waals surface area contributed by atoms with Gasteiger partial charge in [0, 0.05) is 11.4 Å². The number of ether oxygens (including phenoxy) is 1. The number of hydrogen-bond acceptors (Lipinski definition) is 7. The quantitative estimate of drug-likeness (QED) is 0.524. The molecule has 2 aromatic rings. The number of thioether (sulfide) groups is 1. The van der Waals surface area contributed by atoms with Gasteiger partial charge in [-0.1, -0.05) is 25.6 Å². The number of carbonyl (C=O) groups is 2. The lowest BCUT2D eigenvalue weighted by molar-refractivity contribution is -0.117. The Kier molecular flexibility index (Phi) is 7.34. The minimum Gasteiger partial charge on any atom is -0.450 e. The summed E-state index contributed by atoms with van der Waals surface area (Å²) in [5.41, 5.74) is 1.16. The standard InChI is InChI=1S/C20H27N3O4S2/c1-4-27-20(26)21-15(24)11-28-19-22-17-16(13-7-5-6-8-14(13)29-17)18(25)23(19)10-9-12(2)3/h12H,4-11H2,1-3H3,(H,21,24,26). The lowest BCUT2D eigenvalue weighted by atomic mass is 9.97.